The molecule has 3 aromatic rings. The van der Waals surface area contributed by atoms with Crippen molar-refractivity contribution < 1.29 is 4.39 Å². The van der Waals surface area contributed by atoms with Gasteiger partial charge in [0.25, 0.3) is 0 Å². The molecule has 0 unspecified atom stereocenters. The average Bonchev–Trinajstić information content (AvgIpc) is 2.52. The fourth-order valence-electron chi connectivity index (χ4n) is 2.34. The molecule has 0 amide bonds. The molecule has 2 nitrogen and oxygen atoms in total. The molecule has 2 aromatic heterocycles. The van der Waals surface area contributed by atoms with Crippen LogP contribution >= 0.6 is 31.1 Å². The minimum absolute atomic E-state index is 0.189. The van der Waals surface area contributed by atoms with E-state index >= 15 is 0 Å². The fourth-order valence-corrected chi connectivity index (χ4v) is 3.49. The van der Waals surface area contributed by atoms with Crippen LogP contribution in [0, 0.1) is 12.7 Å². The lowest BCUT2D eigenvalue weighted by atomic mass is 10.1. The largest absolute Gasteiger partial charge is 0.250 e. The lowest BCUT2D eigenvalue weighted by Gasteiger charge is -2.10. The first-order valence-corrected chi connectivity index (χ1v) is 9.97. The van der Waals surface area contributed by atoms with E-state index in [1.54, 1.807) is 6.92 Å². The molecule has 3 rings (SSSR count). The SMILES string of the molecule is Cc1nc2cc(F)c(-c3ccc(P(C)C)cc3)nc2c(Cl)c1Cl. The van der Waals surface area contributed by atoms with Crippen LogP contribution in [-0.2, 0) is 0 Å². The molecule has 2 heterocycles. The Balaban J connectivity index is 2.19. The Kier molecular flexibility index (Phi) is 4.55. The molecule has 6 heteroatoms. The van der Waals surface area contributed by atoms with Crippen LogP contribution in [0.15, 0.2) is 30.3 Å². The number of nitrogens with zero attached hydrogens (tertiary/aromatic N) is 2. The Hall–Kier alpha value is -1.28. The summed E-state index contributed by atoms with van der Waals surface area (Å²) >= 11 is 12.4. The van der Waals surface area contributed by atoms with Crippen LogP contribution < -0.4 is 5.30 Å². The summed E-state index contributed by atoms with van der Waals surface area (Å²) in [5.74, 6) is -0.425. The molecule has 118 valence electrons. The van der Waals surface area contributed by atoms with Crippen molar-refractivity contribution in [2.24, 2.45) is 0 Å². The minimum Gasteiger partial charge on any atom is -0.250 e. The Morgan fingerprint density at radius 3 is 2.26 bits per heavy atom. The molecule has 1 aromatic carbocycles. The highest BCUT2D eigenvalue weighted by atomic mass is 35.5. The van der Waals surface area contributed by atoms with Crippen LogP contribution in [0.4, 0.5) is 4.39 Å². The number of halogens is 3. The van der Waals surface area contributed by atoms with Crippen molar-refractivity contribution >= 4 is 47.5 Å². The Morgan fingerprint density at radius 2 is 1.65 bits per heavy atom. The van der Waals surface area contributed by atoms with Gasteiger partial charge in [0.1, 0.15) is 11.2 Å². The van der Waals surface area contributed by atoms with E-state index in [1.165, 1.54) is 11.4 Å². The van der Waals surface area contributed by atoms with E-state index in [1.807, 2.05) is 24.3 Å². The Labute approximate surface area is 145 Å². The van der Waals surface area contributed by atoms with E-state index in [2.05, 4.69) is 23.3 Å². The molecule has 0 aliphatic rings. The second-order valence-corrected chi connectivity index (χ2v) is 8.51. The maximum absolute atomic E-state index is 14.5. The number of rotatable bonds is 2. The number of aryl methyl sites for hydroxylation is 1. The van der Waals surface area contributed by atoms with Gasteiger partial charge in [-0.3, -0.25) is 0 Å². The van der Waals surface area contributed by atoms with Crippen LogP contribution in [0.2, 0.25) is 10.0 Å². The molecule has 0 saturated carbocycles. The van der Waals surface area contributed by atoms with Crippen molar-refractivity contribution in [3.63, 3.8) is 0 Å². The molecule has 0 aliphatic carbocycles. The summed E-state index contributed by atoms with van der Waals surface area (Å²) in [6.45, 7) is 6.08. The third-order valence-electron chi connectivity index (χ3n) is 3.62. The topological polar surface area (TPSA) is 25.8 Å². The van der Waals surface area contributed by atoms with Crippen molar-refractivity contribution in [2.45, 2.75) is 6.92 Å². The van der Waals surface area contributed by atoms with Gasteiger partial charge in [-0.2, -0.15) is 0 Å². The summed E-state index contributed by atoms with van der Waals surface area (Å²) in [7, 11) is -0.189. The van der Waals surface area contributed by atoms with Gasteiger partial charge in [0.15, 0.2) is 5.82 Å². The monoisotopic (exact) mass is 366 g/mol. The molecule has 0 atom stereocenters. The van der Waals surface area contributed by atoms with Gasteiger partial charge in [-0.25, -0.2) is 14.4 Å². The third-order valence-corrected chi connectivity index (χ3v) is 5.88. The first kappa shape index (κ1) is 16.6. The van der Waals surface area contributed by atoms with Crippen LogP contribution in [0.1, 0.15) is 5.69 Å². The van der Waals surface area contributed by atoms with Crippen LogP contribution in [0.3, 0.4) is 0 Å². The van der Waals surface area contributed by atoms with E-state index in [-0.39, 0.29) is 13.6 Å². The third kappa shape index (κ3) is 3.06. The van der Waals surface area contributed by atoms with Crippen molar-refractivity contribution in [2.75, 3.05) is 13.3 Å². The molecular formula is C17H14Cl2FN2P. The normalized spacial score (nSPS) is 11.4. The summed E-state index contributed by atoms with van der Waals surface area (Å²) in [4.78, 5) is 8.63. The van der Waals surface area contributed by atoms with Gasteiger partial charge in [-0.05, 0) is 25.6 Å². The van der Waals surface area contributed by atoms with Gasteiger partial charge in [-0.15, -0.1) is 0 Å². The predicted octanol–water partition coefficient (Wildman–Crippen LogP) is 5.42. The molecule has 0 aliphatic heterocycles. The summed E-state index contributed by atoms with van der Waals surface area (Å²) in [6.07, 6.45) is 0. The zero-order chi connectivity index (χ0) is 16.7. The second kappa shape index (κ2) is 6.32. The molecule has 0 bridgehead atoms. The first-order valence-electron chi connectivity index (χ1n) is 6.98. The van der Waals surface area contributed by atoms with E-state index < -0.39 is 5.82 Å². The van der Waals surface area contributed by atoms with Crippen molar-refractivity contribution in [3.05, 3.63) is 51.9 Å². The highest BCUT2D eigenvalue weighted by molar-refractivity contribution is 7.64. The Morgan fingerprint density at radius 1 is 1.00 bits per heavy atom. The fraction of sp³-hybridized carbons (Fsp3) is 0.176. The molecular weight excluding hydrogens is 353 g/mol. The maximum atomic E-state index is 14.5. The van der Waals surface area contributed by atoms with Gasteiger partial charge in [-0.1, -0.05) is 55.4 Å². The lowest BCUT2D eigenvalue weighted by Crippen LogP contribution is -1.99. The van der Waals surface area contributed by atoms with Crippen LogP contribution in [0.25, 0.3) is 22.3 Å². The van der Waals surface area contributed by atoms with Crippen molar-refractivity contribution in [1.29, 1.82) is 0 Å². The number of pyridine rings is 2. The highest BCUT2D eigenvalue weighted by Gasteiger charge is 2.15. The number of hydrogen-bond acceptors (Lipinski definition) is 2. The van der Waals surface area contributed by atoms with E-state index in [0.717, 1.165) is 0 Å². The smallest absolute Gasteiger partial charge is 0.151 e. The zero-order valence-electron chi connectivity index (χ0n) is 12.9. The summed E-state index contributed by atoms with van der Waals surface area (Å²) in [5.41, 5.74) is 2.33. The van der Waals surface area contributed by atoms with Gasteiger partial charge in [0.05, 0.1) is 21.3 Å². The average molecular weight is 367 g/mol. The van der Waals surface area contributed by atoms with Gasteiger partial charge in [0.2, 0.25) is 0 Å². The van der Waals surface area contributed by atoms with E-state index in [9.17, 15) is 4.39 Å². The quantitative estimate of drug-likeness (QED) is 0.566. The van der Waals surface area contributed by atoms with Crippen molar-refractivity contribution in [1.82, 2.24) is 9.97 Å². The van der Waals surface area contributed by atoms with Crippen LogP contribution in [-0.4, -0.2) is 23.3 Å². The number of benzene rings is 1. The summed E-state index contributed by atoms with van der Waals surface area (Å²) in [5, 5.41) is 1.91. The number of aromatic nitrogens is 2. The van der Waals surface area contributed by atoms with Gasteiger partial charge < -0.3 is 0 Å². The molecule has 0 fully saturated rings. The number of fused-ring (bicyclic) bond motifs is 1. The zero-order valence-corrected chi connectivity index (χ0v) is 15.3. The lowest BCUT2D eigenvalue weighted by molar-refractivity contribution is 0.628. The molecule has 0 spiro atoms. The standard InChI is InChI=1S/C17H14Cl2FN2P/c1-9-14(18)15(19)17-13(21-9)8-12(20)16(22-17)10-4-6-11(7-5-10)23(2)3/h4-8H,1-3H3. The van der Waals surface area contributed by atoms with Gasteiger partial charge in [0, 0.05) is 11.6 Å². The van der Waals surface area contributed by atoms with Crippen LogP contribution in [0.5, 0.6) is 0 Å². The molecule has 0 N–H and O–H groups in total. The van der Waals surface area contributed by atoms with Crippen molar-refractivity contribution in [3.8, 4) is 11.3 Å². The van der Waals surface area contributed by atoms with Gasteiger partial charge >= 0.3 is 0 Å². The first-order chi connectivity index (χ1) is 10.9. The van der Waals surface area contributed by atoms with E-state index in [4.69, 9.17) is 23.2 Å². The number of hydrogen-bond donors (Lipinski definition) is 0. The molecule has 0 radical (unpaired) electrons. The second-order valence-electron chi connectivity index (χ2n) is 5.45. The predicted molar refractivity (Wildman–Crippen MR) is 98.1 cm³/mol. The minimum atomic E-state index is -0.425. The summed E-state index contributed by atoms with van der Waals surface area (Å²) < 4.78 is 14.5. The summed E-state index contributed by atoms with van der Waals surface area (Å²) in [6, 6.07) is 9.13. The molecule has 23 heavy (non-hydrogen) atoms. The molecule has 0 saturated heterocycles. The highest BCUT2D eigenvalue weighted by Crippen LogP contribution is 2.33. The van der Waals surface area contributed by atoms with E-state index in [0.29, 0.717) is 32.3 Å². The Bertz CT molecular complexity index is 895. The maximum Gasteiger partial charge on any atom is 0.151 e.